The standard InChI is InChI=1S/C25H36N10O3/c1-18-14-23(36)30-31-24(18)19-5-6-21(22(15-19)35(37)38)33-12-10-32(11-13-33)7-3-9-34(25(26)27)8-2-4-20-16-28-17-29-20/h5-6,15-18H,2-4,7-14H2,1H3,(H3,26,27)(H,28,29)(H,30,36). The lowest BCUT2D eigenvalue weighted by Gasteiger charge is -2.36. The molecule has 4 rings (SSSR count). The second-order valence-electron chi connectivity index (χ2n) is 9.82. The maximum absolute atomic E-state index is 11.9. The number of piperazine rings is 1. The fourth-order valence-corrected chi connectivity index (χ4v) is 5.03. The summed E-state index contributed by atoms with van der Waals surface area (Å²) in [5.41, 5.74) is 11.2. The summed E-state index contributed by atoms with van der Waals surface area (Å²) in [4.78, 5) is 36.6. The van der Waals surface area contributed by atoms with Crippen LogP contribution in [0.25, 0.3) is 0 Å². The monoisotopic (exact) mass is 524 g/mol. The molecule has 0 bridgehead atoms. The lowest BCUT2D eigenvalue weighted by atomic mass is 9.93. The number of hydrogen-bond acceptors (Lipinski definition) is 8. The Morgan fingerprint density at radius 2 is 2.03 bits per heavy atom. The smallest absolute Gasteiger partial charge is 0.293 e. The molecule has 1 amide bonds. The molecule has 1 aromatic carbocycles. The molecule has 1 fully saturated rings. The Kier molecular flexibility index (Phi) is 8.89. The molecule has 2 aromatic rings. The van der Waals surface area contributed by atoms with E-state index in [-0.39, 0.29) is 28.4 Å². The molecule has 5 N–H and O–H groups in total. The number of carbonyl (C=O) groups excluding carboxylic acids is 1. The molecule has 13 nitrogen and oxygen atoms in total. The maximum Gasteiger partial charge on any atom is 0.293 e. The molecule has 0 radical (unpaired) electrons. The number of carbonyl (C=O) groups is 1. The number of H-pyrrole nitrogens is 1. The van der Waals surface area contributed by atoms with E-state index in [2.05, 4.69) is 30.3 Å². The van der Waals surface area contributed by atoms with Gasteiger partial charge in [-0.1, -0.05) is 13.0 Å². The van der Waals surface area contributed by atoms with Crippen molar-refractivity contribution in [3.05, 3.63) is 52.1 Å². The summed E-state index contributed by atoms with van der Waals surface area (Å²) in [5.74, 6) is -0.166. The van der Waals surface area contributed by atoms with Crippen molar-refractivity contribution < 1.29 is 9.72 Å². The zero-order chi connectivity index (χ0) is 27.1. The number of nitrogens with two attached hydrogens (primary N) is 1. The van der Waals surface area contributed by atoms with Gasteiger partial charge in [-0.05, 0) is 31.9 Å². The van der Waals surface area contributed by atoms with Crippen LogP contribution in [0.1, 0.15) is 37.4 Å². The molecule has 13 heteroatoms. The van der Waals surface area contributed by atoms with E-state index >= 15 is 0 Å². The van der Waals surface area contributed by atoms with E-state index in [4.69, 9.17) is 11.1 Å². The Hall–Kier alpha value is -4.00. The minimum atomic E-state index is -0.347. The molecule has 1 atom stereocenters. The highest BCUT2D eigenvalue weighted by molar-refractivity contribution is 6.06. The summed E-state index contributed by atoms with van der Waals surface area (Å²) in [5, 5.41) is 23.9. The fraction of sp³-hybridized carbons (Fsp3) is 0.520. The Morgan fingerprint density at radius 1 is 1.26 bits per heavy atom. The number of rotatable bonds is 11. The zero-order valence-electron chi connectivity index (χ0n) is 21.7. The molecule has 2 aliphatic heterocycles. The molecule has 1 aromatic heterocycles. The SMILES string of the molecule is CC1CC(=O)NN=C1c1ccc(N2CCN(CCCN(CCCc3c[nH]cn3)C(=N)N)CC2)c([N+](=O)[O-])c1. The number of guanidine groups is 1. The summed E-state index contributed by atoms with van der Waals surface area (Å²) in [7, 11) is 0. The van der Waals surface area contributed by atoms with Crippen LogP contribution < -0.4 is 16.1 Å². The molecule has 38 heavy (non-hydrogen) atoms. The number of benzene rings is 1. The molecule has 0 spiro atoms. The van der Waals surface area contributed by atoms with Gasteiger partial charge in [0.1, 0.15) is 5.69 Å². The first kappa shape index (κ1) is 27.0. The third-order valence-corrected chi connectivity index (χ3v) is 7.10. The number of nitro benzene ring substituents is 1. The van der Waals surface area contributed by atoms with E-state index in [0.717, 1.165) is 44.6 Å². The Morgan fingerprint density at radius 3 is 2.68 bits per heavy atom. The van der Waals surface area contributed by atoms with Crippen molar-refractivity contribution in [3.8, 4) is 0 Å². The van der Waals surface area contributed by atoms with Crippen LogP contribution >= 0.6 is 0 Å². The van der Waals surface area contributed by atoms with E-state index in [9.17, 15) is 14.9 Å². The third-order valence-electron chi connectivity index (χ3n) is 7.10. The van der Waals surface area contributed by atoms with E-state index in [1.807, 2.05) is 24.1 Å². The number of nitrogens with zero attached hydrogens (tertiary/aromatic N) is 6. The summed E-state index contributed by atoms with van der Waals surface area (Å²) >= 11 is 0. The summed E-state index contributed by atoms with van der Waals surface area (Å²) in [6.45, 7) is 7.18. The molecular weight excluding hydrogens is 488 g/mol. The number of anilines is 1. The Balaban J connectivity index is 1.27. The lowest BCUT2D eigenvalue weighted by Crippen LogP contribution is -2.47. The van der Waals surface area contributed by atoms with Crippen LogP contribution in [0.5, 0.6) is 0 Å². The van der Waals surface area contributed by atoms with Crippen molar-refractivity contribution >= 4 is 29.0 Å². The Bertz CT molecular complexity index is 1160. The normalized spacial score (nSPS) is 18.1. The van der Waals surface area contributed by atoms with Crippen molar-refractivity contribution in [2.24, 2.45) is 16.8 Å². The lowest BCUT2D eigenvalue weighted by molar-refractivity contribution is -0.384. The number of nitrogens with one attached hydrogen (secondary N) is 3. The average molecular weight is 525 g/mol. The quantitative estimate of drug-likeness (QED) is 0.148. The van der Waals surface area contributed by atoms with Gasteiger partial charge in [-0.2, -0.15) is 5.10 Å². The van der Waals surface area contributed by atoms with Crippen LogP contribution in [0.2, 0.25) is 0 Å². The fourth-order valence-electron chi connectivity index (χ4n) is 5.03. The van der Waals surface area contributed by atoms with Crippen molar-refractivity contribution in [2.45, 2.75) is 32.6 Å². The number of aryl methyl sites for hydroxylation is 1. The number of nitro groups is 1. The number of amides is 1. The third kappa shape index (κ3) is 6.85. The highest BCUT2D eigenvalue weighted by Gasteiger charge is 2.27. The zero-order valence-corrected chi connectivity index (χ0v) is 21.7. The van der Waals surface area contributed by atoms with E-state index < -0.39 is 0 Å². The molecule has 2 aliphatic rings. The predicted octanol–water partition coefficient (Wildman–Crippen LogP) is 1.52. The van der Waals surface area contributed by atoms with Gasteiger partial charge in [-0.3, -0.25) is 25.2 Å². The van der Waals surface area contributed by atoms with Gasteiger partial charge in [0, 0.05) is 69.4 Å². The minimum absolute atomic E-state index is 0.0506. The van der Waals surface area contributed by atoms with Crippen LogP contribution in [0.3, 0.4) is 0 Å². The van der Waals surface area contributed by atoms with Crippen molar-refractivity contribution in [3.63, 3.8) is 0 Å². The van der Waals surface area contributed by atoms with Crippen LogP contribution in [0.4, 0.5) is 11.4 Å². The van der Waals surface area contributed by atoms with Gasteiger partial charge in [-0.15, -0.1) is 0 Å². The number of aromatic nitrogens is 2. The second kappa shape index (κ2) is 12.5. The molecule has 0 aliphatic carbocycles. The molecule has 3 heterocycles. The topological polar surface area (TPSA) is 173 Å². The molecular formula is C25H36N10O3. The molecule has 204 valence electrons. The second-order valence-corrected chi connectivity index (χ2v) is 9.82. The summed E-state index contributed by atoms with van der Waals surface area (Å²) < 4.78 is 0. The van der Waals surface area contributed by atoms with Crippen LogP contribution in [0.15, 0.2) is 35.8 Å². The van der Waals surface area contributed by atoms with Crippen molar-refractivity contribution in [1.82, 2.24) is 25.2 Å². The van der Waals surface area contributed by atoms with Crippen molar-refractivity contribution in [2.75, 3.05) is 50.7 Å². The average Bonchev–Trinajstić information content (AvgIpc) is 3.41. The summed E-state index contributed by atoms with van der Waals surface area (Å²) in [6, 6.07) is 5.21. The van der Waals surface area contributed by atoms with Gasteiger partial charge in [0.05, 0.1) is 22.7 Å². The van der Waals surface area contributed by atoms with Gasteiger partial charge in [0.2, 0.25) is 5.91 Å². The van der Waals surface area contributed by atoms with Gasteiger partial charge in [0.25, 0.3) is 5.69 Å². The van der Waals surface area contributed by atoms with Gasteiger partial charge in [0.15, 0.2) is 5.96 Å². The first-order chi connectivity index (χ1) is 18.3. The number of aromatic amines is 1. The van der Waals surface area contributed by atoms with E-state index in [1.54, 1.807) is 18.5 Å². The minimum Gasteiger partial charge on any atom is -0.370 e. The van der Waals surface area contributed by atoms with Gasteiger partial charge < -0.3 is 20.5 Å². The largest absolute Gasteiger partial charge is 0.370 e. The number of hydrogen-bond donors (Lipinski definition) is 4. The molecule has 1 unspecified atom stereocenters. The first-order valence-electron chi connectivity index (χ1n) is 13.0. The van der Waals surface area contributed by atoms with Gasteiger partial charge >= 0.3 is 0 Å². The van der Waals surface area contributed by atoms with Crippen LogP contribution in [-0.2, 0) is 11.2 Å². The maximum atomic E-state index is 11.9. The predicted molar refractivity (Wildman–Crippen MR) is 145 cm³/mol. The number of hydrazone groups is 1. The summed E-state index contributed by atoms with van der Waals surface area (Å²) in [6.07, 6.45) is 6.46. The molecule has 1 saturated heterocycles. The van der Waals surface area contributed by atoms with Crippen molar-refractivity contribution in [1.29, 1.82) is 5.41 Å². The molecule has 0 saturated carbocycles. The number of imidazole rings is 1. The van der Waals surface area contributed by atoms with Crippen LogP contribution in [0, 0.1) is 21.4 Å². The first-order valence-corrected chi connectivity index (χ1v) is 13.0. The van der Waals surface area contributed by atoms with E-state index in [0.29, 0.717) is 49.6 Å². The highest BCUT2D eigenvalue weighted by atomic mass is 16.6. The van der Waals surface area contributed by atoms with Crippen LogP contribution in [-0.4, -0.2) is 88.1 Å². The van der Waals surface area contributed by atoms with E-state index in [1.165, 1.54) is 0 Å². The highest BCUT2D eigenvalue weighted by Crippen LogP contribution is 2.31. The van der Waals surface area contributed by atoms with Gasteiger partial charge in [-0.25, -0.2) is 10.4 Å². The Labute approximate surface area is 221 Å².